The molecule has 9 heteroatoms. The standard InChI is InChI=1S/C19H20N4O3S2/c1-13-17(11-14-5-3-2-4-6-14)23-19(21-13)27-12-18(24)22-15-7-9-16(10-8-15)28(20,25)26/h2-10H,11-12H2,1H3,(H,21,23)(H,22,24)(H2,20,25,26). The van der Waals surface area contributed by atoms with Gasteiger partial charge in [-0.15, -0.1) is 0 Å². The summed E-state index contributed by atoms with van der Waals surface area (Å²) < 4.78 is 22.5. The molecule has 0 unspecified atom stereocenters. The number of amides is 1. The van der Waals surface area contributed by atoms with Gasteiger partial charge in [-0.25, -0.2) is 18.5 Å². The Morgan fingerprint density at radius 1 is 1.14 bits per heavy atom. The molecule has 2 aromatic carbocycles. The first-order valence-corrected chi connectivity index (χ1v) is 11.0. The topological polar surface area (TPSA) is 118 Å². The molecular weight excluding hydrogens is 396 g/mol. The van der Waals surface area contributed by atoms with E-state index in [4.69, 9.17) is 5.14 Å². The molecule has 0 saturated carbocycles. The molecule has 146 valence electrons. The molecule has 0 fully saturated rings. The number of aryl methyl sites for hydroxylation is 1. The van der Waals surface area contributed by atoms with Gasteiger partial charge < -0.3 is 10.3 Å². The molecule has 1 amide bonds. The first kappa shape index (κ1) is 20.1. The second-order valence-corrected chi connectivity index (χ2v) is 8.71. The predicted molar refractivity (Wildman–Crippen MR) is 110 cm³/mol. The zero-order valence-electron chi connectivity index (χ0n) is 15.2. The number of anilines is 1. The van der Waals surface area contributed by atoms with Crippen LogP contribution in [0.15, 0.2) is 64.6 Å². The minimum absolute atomic E-state index is 0.00289. The van der Waals surface area contributed by atoms with E-state index < -0.39 is 10.0 Å². The number of hydrogen-bond donors (Lipinski definition) is 3. The number of aromatic amines is 1. The van der Waals surface area contributed by atoms with Crippen LogP contribution in [0.1, 0.15) is 17.0 Å². The Bertz CT molecular complexity index is 1060. The van der Waals surface area contributed by atoms with E-state index >= 15 is 0 Å². The maximum absolute atomic E-state index is 12.1. The molecule has 7 nitrogen and oxygen atoms in total. The van der Waals surface area contributed by atoms with Gasteiger partial charge in [0, 0.05) is 17.8 Å². The molecule has 0 aliphatic heterocycles. The number of imidazole rings is 1. The number of benzene rings is 2. The van der Waals surface area contributed by atoms with Crippen molar-refractivity contribution in [3.8, 4) is 0 Å². The average Bonchev–Trinajstić information content (AvgIpc) is 3.00. The van der Waals surface area contributed by atoms with Crippen molar-refractivity contribution in [2.24, 2.45) is 5.14 Å². The summed E-state index contributed by atoms with van der Waals surface area (Å²) in [7, 11) is -3.75. The van der Waals surface area contributed by atoms with Gasteiger partial charge in [-0.3, -0.25) is 4.79 Å². The van der Waals surface area contributed by atoms with Crippen molar-refractivity contribution in [2.75, 3.05) is 11.1 Å². The van der Waals surface area contributed by atoms with E-state index in [0.29, 0.717) is 10.8 Å². The highest BCUT2D eigenvalue weighted by atomic mass is 32.2. The summed E-state index contributed by atoms with van der Waals surface area (Å²) in [5.41, 5.74) is 3.60. The van der Waals surface area contributed by atoms with Crippen molar-refractivity contribution in [1.82, 2.24) is 9.97 Å². The third kappa shape index (κ3) is 5.44. The number of primary sulfonamides is 1. The van der Waals surface area contributed by atoms with Crippen molar-refractivity contribution in [2.45, 2.75) is 23.4 Å². The third-order valence-electron chi connectivity index (χ3n) is 3.98. The minimum Gasteiger partial charge on any atom is -0.337 e. The first-order chi connectivity index (χ1) is 13.3. The quantitative estimate of drug-likeness (QED) is 0.512. The molecule has 0 radical (unpaired) electrons. The van der Waals surface area contributed by atoms with E-state index in [-0.39, 0.29) is 16.6 Å². The highest BCUT2D eigenvalue weighted by Crippen LogP contribution is 2.20. The van der Waals surface area contributed by atoms with E-state index in [1.54, 1.807) is 0 Å². The summed E-state index contributed by atoms with van der Waals surface area (Å²) in [5.74, 6) is -0.0405. The number of rotatable bonds is 7. The Hall–Kier alpha value is -2.62. The SMILES string of the molecule is Cc1[nH]c(SCC(=O)Nc2ccc(S(N)(=O)=O)cc2)nc1Cc1ccccc1. The van der Waals surface area contributed by atoms with E-state index in [2.05, 4.69) is 27.4 Å². The van der Waals surface area contributed by atoms with Crippen LogP contribution in [0.25, 0.3) is 0 Å². The summed E-state index contributed by atoms with van der Waals surface area (Å²) in [6, 6.07) is 15.8. The Balaban J connectivity index is 1.55. The molecule has 1 heterocycles. The lowest BCUT2D eigenvalue weighted by Crippen LogP contribution is -2.15. The summed E-state index contributed by atoms with van der Waals surface area (Å²) in [6.45, 7) is 1.96. The van der Waals surface area contributed by atoms with Crippen LogP contribution in [0.4, 0.5) is 5.69 Å². The van der Waals surface area contributed by atoms with E-state index in [1.807, 2.05) is 25.1 Å². The minimum atomic E-state index is -3.75. The molecular formula is C19H20N4O3S2. The van der Waals surface area contributed by atoms with Crippen LogP contribution in [-0.4, -0.2) is 30.0 Å². The number of hydrogen-bond acceptors (Lipinski definition) is 5. The second kappa shape index (κ2) is 8.59. The fourth-order valence-corrected chi connectivity index (χ4v) is 3.81. The van der Waals surface area contributed by atoms with Crippen LogP contribution in [0.5, 0.6) is 0 Å². The molecule has 3 aromatic rings. The number of sulfonamides is 1. The fourth-order valence-electron chi connectivity index (χ4n) is 2.56. The number of H-pyrrole nitrogens is 1. The Kier molecular flexibility index (Phi) is 6.18. The zero-order chi connectivity index (χ0) is 20.1. The number of carbonyl (C=O) groups is 1. The second-order valence-electron chi connectivity index (χ2n) is 6.18. The van der Waals surface area contributed by atoms with Crippen LogP contribution < -0.4 is 10.5 Å². The van der Waals surface area contributed by atoms with Gasteiger partial charge in [0.1, 0.15) is 0 Å². The molecule has 4 N–H and O–H groups in total. The van der Waals surface area contributed by atoms with Crippen molar-refractivity contribution in [3.63, 3.8) is 0 Å². The van der Waals surface area contributed by atoms with Gasteiger partial charge in [0.05, 0.1) is 16.3 Å². The predicted octanol–water partition coefficient (Wildman–Crippen LogP) is 2.69. The average molecular weight is 417 g/mol. The molecule has 0 spiro atoms. The van der Waals surface area contributed by atoms with E-state index in [1.165, 1.54) is 41.6 Å². The monoisotopic (exact) mass is 416 g/mol. The van der Waals surface area contributed by atoms with Crippen LogP contribution in [0.2, 0.25) is 0 Å². The summed E-state index contributed by atoms with van der Waals surface area (Å²) in [4.78, 5) is 19.9. The van der Waals surface area contributed by atoms with Gasteiger partial charge in [0.2, 0.25) is 15.9 Å². The Morgan fingerprint density at radius 2 is 1.82 bits per heavy atom. The molecule has 0 atom stereocenters. The number of nitrogens with zero attached hydrogens (tertiary/aromatic N) is 1. The van der Waals surface area contributed by atoms with Crippen LogP contribution in [0.3, 0.4) is 0 Å². The lowest BCUT2D eigenvalue weighted by atomic mass is 10.1. The summed E-state index contributed by atoms with van der Waals surface area (Å²) in [6.07, 6.45) is 0.729. The Labute approximate surface area is 167 Å². The zero-order valence-corrected chi connectivity index (χ0v) is 16.8. The lowest BCUT2D eigenvalue weighted by Gasteiger charge is -2.05. The van der Waals surface area contributed by atoms with Gasteiger partial charge in [-0.05, 0) is 36.8 Å². The summed E-state index contributed by atoms with van der Waals surface area (Å²) in [5, 5.41) is 8.45. The first-order valence-electron chi connectivity index (χ1n) is 8.46. The lowest BCUT2D eigenvalue weighted by molar-refractivity contribution is -0.113. The molecule has 0 saturated heterocycles. The normalized spacial score (nSPS) is 11.4. The van der Waals surface area contributed by atoms with Crippen molar-refractivity contribution >= 4 is 33.4 Å². The Morgan fingerprint density at radius 3 is 2.46 bits per heavy atom. The van der Waals surface area contributed by atoms with Gasteiger partial charge in [0.15, 0.2) is 5.16 Å². The summed E-state index contributed by atoms with van der Waals surface area (Å²) >= 11 is 1.31. The van der Waals surface area contributed by atoms with E-state index in [0.717, 1.165) is 17.8 Å². The fraction of sp³-hybridized carbons (Fsp3) is 0.158. The van der Waals surface area contributed by atoms with Crippen LogP contribution in [0, 0.1) is 6.92 Å². The number of thioether (sulfide) groups is 1. The smallest absolute Gasteiger partial charge is 0.238 e. The number of nitrogens with one attached hydrogen (secondary N) is 2. The van der Waals surface area contributed by atoms with Crippen LogP contribution in [-0.2, 0) is 21.2 Å². The maximum Gasteiger partial charge on any atom is 0.238 e. The van der Waals surface area contributed by atoms with Gasteiger partial charge in [-0.2, -0.15) is 0 Å². The van der Waals surface area contributed by atoms with Gasteiger partial charge in [0.25, 0.3) is 0 Å². The third-order valence-corrected chi connectivity index (χ3v) is 5.79. The number of aromatic nitrogens is 2. The molecule has 1 aromatic heterocycles. The maximum atomic E-state index is 12.1. The molecule has 0 bridgehead atoms. The van der Waals surface area contributed by atoms with Gasteiger partial charge >= 0.3 is 0 Å². The van der Waals surface area contributed by atoms with Crippen LogP contribution >= 0.6 is 11.8 Å². The number of nitrogens with two attached hydrogens (primary N) is 1. The van der Waals surface area contributed by atoms with E-state index in [9.17, 15) is 13.2 Å². The van der Waals surface area contributed by atoms with Crippen molar-refractivity contribution in [3.05, 3.63) is 71.5 Å². The largest absolute Gasteiger partial charge is 0.337 e. The van der Waals surface area contributed by atoms with Crippen molar-refractivity contribution in [1.29, 1.82) is 0 Å². The molecule has 0 aliphatic carbocycles. The number of carbonyl (C=O) groups excluding carboxylic acids is 1. The highest BCUT2D eigenvalue weighted by Gasteiger charge is 2.11. The molecule has 0 aliphatic rings. The molecule has 28 heavy (non-hydrogen) atoms. The molecule has 3 rings (SSSR count). The van der Waals surface area contributed by atoms with Crippen molar-refractivity contribution < 1.29 is 13.2 Å². The highest BCUT2D eigenvalue weighted by molar-refractivity contribution is 7.99. The van der Waals surface area contributed by atoms with Gasteiger partial charge in [-0.1, -0.05) is 42.1 Å².